The number of anilines is 1. The van der Waals surface area contributed by atoms with Crippen LogP contribution in [0.4, 0.5) is 10.1 Å². The maximum Gasteiger partial charge on any atom is 0.331 e. The lowest BCUT2D eigenvalue weighted by Crippen LogP contribution is -2.42. The first-order chi connectivity index (χ1) is 17.3. The number of rotatable bonds is 9. The second-order valence-corrected chi connectivity index (χ2v) is 9.83. The molecule has 4 aromatic rings. The molecule has 10 nitrogen and oxygen atoms in total. The Morgan fingerprint density at radius 3 is 2.61 bits per heavy atom. The SMILES string of the molecule is Cn1cc(Cn2c(=O)c3cc(N(S(=O)O)C4(CF)CC4)ccc3n(CCc3ccccn3)c2=O)cn1. The van der Waals surface area contributed by atoms with Crippen molar-refractivity contribution in [2.45, 2.75) is 37.9 Å². The number of alkyl halides is 1. The molecule has 0 bridgehead atoms. The maximum absolute atomic E-state index is 13.8. The lowest BCUT2D eigenvalue weighted by atomic mass is 10.1. The molecule has 1 fully saturated rings. The van der Waals surface area contributed by atoms with E-state index >= 15 is 0 Å². The Kier molecular flexibility index (Phi) is 6.31. The van der Waals surface area contributed by atoms with E-state index in [1.54, 1.807) is 42.5 Å². The van der Waals surface area contributed by atoms with Crippen LogP contribution in [0.1, 0.15) is 24.1 Å². The lowest BCUT2D eigenvalue weighted by molar-refractivity contribution is 0.413. The van der Waals surface area contributed by atoms with Gasteiger partial charge >= 0.3 is 5.69 Å². The van der Waals surface area contributed by atoms with Crippen LogP contribution in [0.5, 0.6) is 0 Å². The quantitative estimate of drug-likeness (QED) is 0.343. The number of nitrogens with zero attached hydrogens (tertiary/aromatic N) is 6. The number of aromatic nitrogens is 5. The molecule has 3 aromatic heterocycles. The first-order valence-corrected chi connectivity index (χ1v) is 12.5. The normalized spacial score (nSPS) is 15.2. The summed E-state index contributed by atoms with van der Waals surface area (Å²) in [7, 11) is 1.74. The fraction of sp³-hybridized carbons (Fsp3) is 0.333. The molecule has 1 aromatic carbocycles. The van der Waals surface area contributed by atoms with Gasteiger partial charge in [0, 0.05) is 43.7 Å². The Bertz CT molecular complexity index is 1560. The molecule has 12 heteroatoms. The van der Waals surface area contributed by atoms with E-state index in [0.717, 1.165) is 14.6 Å². The van der Waals surface area contributed by atoms with Crippen molar-refractivity contribution >= 4 is 27.9 Å². The van der Waals surface area contributed by atoms with Crippen LogP contribution in [0.3, 0.4) is 0 Å². The highest BCUT2D eigenvalue weighted by Gasteiger charge is 2.51. The molecule has 188 valence electrons. The zero-order valence-corrected chi connectivity index (χ0v) is 20.4. The van der Waals surface area contributed by atoms with Gasteiger partial charge in [0.15, 0.2) is 0 Å². The van der Waals surface area contributed by atoms with Crippen LogP contribution in [-0.4, -0.2) is 44.9 Å². The first-order valence-electron chi connectivity index (χ1n) is 11.4. The number of hydrogen-bond donors (Lipinski definition) is 1. The van der Waals surface area contributed by atoms with Gasteiger partial charge in [0.05, 0.1) is 34.9 Å². The predicted octanol–water partition coefficient (Wildman–Crippen LogP) is 2.03. The molecule has 36 heavy (non-hydrogen) atoms. The van der Waals surface area contributed by atoms with Crippen LogP contribution in [0.25, 0.3) is 10.9 Å². The van der Waals surface area contributed by atoms with Crippen molar-refractivity contribution in [3.63, 3.8) is 0 Å². The van der Waals surface area contributed by atoms with Gasteiger partial charge in [-0.1, -0.05) is 6.07 Å². The molecule has 0 saturated heterocycles. The summed E-state index contributed by atoms with van der Waals surface area (Å²) in [5.74, 6) is 0. The summed E-state index contributed by atoms with van der Waals surface area (Å²) in [6, 6.07) is 10.1. The molecule has 0 spiro atoms. The minimum Gasteiger partial charge on any atom is -0.293 e. The van der Waals surface area contributed by atoms with Gasteiger partial charge in [-0.05, 0) is 43.2 Å². The monoisotopic (exact) mass is 512 g/mol. The van der Waals surface area contributed by atoms with Gasteiger partial charge in [0.1, 0.15) is 6.67 Å². The Hall–Kier alpha value is -3.64. The smallest absolute Gasteiger partial charge is 0.293 e. The fourth-order valence-electron chi connectivity index (χ4n) is 4.47. The summed E-state index contributed by atoms with van der Waals surface area (Å²) < 4.78 is 41.3. The van der Waals surface area contributed by atoms with Crippen LogP contribution in [0, 0.1) is 0 Å². The van der Waals surface area contributed by atoms with Gasteiger partial charge < -0.3 is 0 Å². The summed E-state index contributed by atoms with van der Waals surface area (Å²) in [5.41, 5.74) is 0.0265. The Morgan fingerprint density at radius 2 is 2.00 bits per heavy atom. The van der Waals surface area contributed by atoms with Crippen molar-refractivity contribution in [2.24, 2.45) is 7.05 Å². The molecular formula is C24H25FN6O4S. The number of pyridine rings is 1. The topological polar surface area (TPSA) is 115 Å². The molecule has 1 N–H and O–H groups in total. The van der Waals surface area contributed by atoms with E-state index in [0.29, 0.717) is 30.3 Å². The molecule has 1 aliphatic rings. The van der Waals surface area contributed by atoms with Gasteiger partial charge in [0.2, 0.25) is 0 Å². The van der Waals surface area contributed by atoms with E-state index in [2.05, 4.69) is 10.1 Å². The Morgan fingerprint density at radius 1 is 1.19 bits per heavy atom. The molecule has 1 aliphatic carbocycles. The van der Waals surface area contributed by atoms with E-state index in [1.165, 1.54) is 10.6 Å². The van der Waals surface area contributed by atoms with Gasteiger partial charge in [0.25, 0.3) is 16.8 Å². The van der Waals surface area contributed by atoms with Crippen molar-refractivity contribution in [3.05, 3.63) is 87.1 Å². The molecule has 0 aliphatic heterocycles. The summed E-state index contributed by atoms with van der Waals surface area (Å²) in [5, 5.41) is 4.31. The van der Waals surface area contributed by atoms with Gasteiger partial charge in [-0.2, -0.15) is 5.10 Å². The standard InChI is InChI=1S/C24H25FN6O4S/c1-28-14-17(13-27-28)15-30-22(32)20-12-19(31(36(34)35)24(16-25)8-9-24)5-6-21(20)29(23(30)33)11-7-18-4-2-3-10-26-18/h2-6,10,12-14H,7-9,11,15-16H2,1H3,(H,34,35). The zero-order valence-electron chi connectivity index (χ0n) is 19.6. The van der Waals surface area contributed by atoms with Gasteiger partial charge in [-0.25, -0.2) is 13.4 Å². The number of halogens is 1. The number of benzene rings is 1. The average Bonchev–Trinajstić information content (AvgIpc) is 3.55. The summed E-state index contributed by atoms with van der Waals surface area (Å²) in [6.07, 6.45) is 6.30. The van der Waals surface area contributed by atoms with Crippen LogP contribution in [0.2, 0.25) is 0 Å². The summed E-state index contributed by atoms with van der Waals surface area (Å²) in [6.45, 7) is -0.505. The molecule has 0 radical (unpaired) electrons. The van der Waals surface area contributed by atoms with Crippen LogP contribution < -0.4 is 15.6 Å². The van der Waals surface area contributed by atoms with E-state index in [1.807, 2.05) is 18.2 Å². The van der Waals surface area contributed by atoms with Crippen molar-refractivity contribution in [1.82, 2.24) is 23.9 Å². The zero-order chi connectivity index (χ0) is 25.4. The highest BCUT2D eigenvalue weighted by Crippen LogP contribution is 2.45. The maximum atomic E-state index is 13.8. The average molecular weight is 513 g/mol. The molecular weight excluding hydrogens is 487 g/mol. The van der Waals surface area contributed by atoms with Crippen molar-refractivity contribution in [2.75, 3.05) is 11.0 Å². The molecule has 1 atom stereocenters. The third-order valence-electron chi connectivity index (χ3n) is 6.52. The van der Waals surface area contributed by atoms with E-state index in [9.17, 15) is 22.7 Å². The number of aryl methyl sites for hydroxylation is 3. The van der Waals surface area contributed by atoms with Gasteiger partial charge in [-0.3, -0.25) is 32.5 Å². The van der Waals surface area contributed by atoms with Crippen LogP contribution in [-0.2, 0) is 37.8 Å². The van der Waals surface area contributed by atoms with E-state index in [4.69, 9.17) is 0 Å². The molecule has 1 unspecified atom stereocenters. The third-order valence-corrected chi connectivity index (χ3v) is 7.43. The molecule has 1 saturated carbocycles. The minimum atomic E-state index is -2.49. The number of hydrogen-bond acceptors (Lipinski definition) is 5. The summed E-state index contributed by atoms with van der Waals surface area (Å²) >= 11 is -2.49. The fourth-order valence-corrected chi connectivity index (χ4v) is 5.32. The predicted molar refractivity (Wildman–Crippen MR) is 134 cm³/mol. The second-order valence-electron chi connectivity index (χ2n) is 9.00. The van der Waals surface area contributed by atoms with E-state index < -0.39 is 34.7 Å². The van der Waals surface area contributed by atoms with Crippen molar-refractivity contribution in [3.8, 4) is 0 Å². The van der Waals surface area contributed by atoms with Gasteiger partial charge in [-0.15, -0.1) is 0 Å². The van der Waals surface area contributed by atoms with Crippen molar-refractivity contribution < 1.29 is 13.2 Å². The Balaban J connectivity index is 1.66. The van der Waals surface area contributed by atoms with Crippen LogP contribution >= 0.6 is 0 Å². The van der Waals surface area contributed by atoms with Crippen molar-refractivity contribution in [1.29, 1.82) is 0 Å². The highest BCUT2D eigenvalue weighted by molar-refractivity contribution is 7.80. The number of fused-ring (bicyclic) bond motifs is 1. The largest absolute Gasteiger partial charge is 0.331 e. The molecule has 5 rings (SSSR count). The third kappa shape index (κ3) is 4.37. The summed E-state index contributed by atoms with van der Waals surface area (Å²) in [4.78, 5) is 31.4. The molecule has 3 heterocycles. The molecule has 0 amide bonds. The van der Waals surface area contributed by atoms with Crippen LogP contribution in [0.15, 0.2) is 64.6 Å². The Labute approximate surface area is 208 Å². The van der Waals surface area contributed by atoms with E-state index in [-0.39, 0.29) is 24.2 Å². The lowest BCUT2D eigenvalue weighted by Gasteiger charge is -2.28. The highest BCUT2D eigenvalue weighted by atomic mass is 32.2. The minimum absolute atomic E-state index is 0.0132. The second kappa shape index (κ2) is 9.43. The first kappa shape index (κ1) is 24.1.